The van der Waals surface area contributed by atoms with Crippen LogP contribution in [0.5, 0.6) is 0 Å². The van der Waals surface area contributed by atoms with Crippen LogP contribution in [-0.2, 0) is 21.4 Å². The zero-order valence-corrected chi connectivity index (χ0v) is 17.9. The van der Waals surface area contributed by atoms with Crippen molar-refractivity contribution in [2.24, 2.45) is 5.92 Å². The van der Waals surface area contributed by atoms with E-state index in [1.54, 1.807) is 19.1 Å². The number of carbonyl (C=O) groups excluding carboxylic acids is 1. The van der Waals surface area contributed by atoms with E-state index in [2.05, 4.69) is 5.32 Å². The molecule has 2 aromatic rings. The Morgan fingerprint density at radius 1 is 1.20 bits per heavy atom. The van der Waals surface area contributed by atoms with Crippen molar-refractivity contribution >= 4 is 33.2 Å². The molecule has 3 rings (SSSR count). The number of amides is 1. The summed E-state index contributed by atoms with van der Waals surface area (Å²) in [5.74, 6) is -0.400. The summed E-state index contributed by atoms with van der Waals surface area (Å²) in [4.78, 5) is 22.8. The lowest BCUT2D eigenvalue weighted by atomic mass is 9.97. The van der Waals surface area contributed by atoms with E-state index in [1.807, 2.05) is 12.1 Å². The molecule has 0 atom stereocenters. The van der Waals surface area contributed by atoms with Gasteiger partial charge >= 0.3 is 0 Å². The molecule has 1 aliphatic rings. The first-order valence-electron chi connectivity index (χ1n) is 9.46. The van der Waals surface area contributed by atoms with Gasteiger partial charge in [-0.15, -0.1) is 0 Å². The van der Waals surface area contributed by atoms with Crippen LogP contribution in [0.4, 0.5) is 5.69 Å². The third-order valence-corrected chi connectivity index (χ3v) is 7.50. The fourth-order valence-corrected chi connectivity index (χ4v) is 5.25. The van der Waals surface area contributed by atoms with Gasteiger partial charge in [0.1, 0.15) is 0 Å². The Bertz CT molecular complexity index is 1050. The molecule has 10 heteroatoms. The maximum Gasteiger partial charge on any atom is 0.270 e. The maximum absolute atomic E-state index is 13.0. The van der Waals surface area contributed by atoms with Gasteiger partial charge in [-0.3, -0.25) is 14.9 Å². The molecule has 2 aromatic carbocycles. The van der Waals surface area contributed by atoms with E-state index in [9.17, 15) is 23.3 Å². The molecule has 8 nitrogen and oxygen atoms in total. The highest BCUT2D eigenvalue weighted by Gasteiger charge is 2.33. The van der Waals surface area contributed by atoms with E-state index in [4.69, 9.17) is 11.6 Å². The lowest BCUT2D eigenvalue weighted by Crippen LogP contribution is -2.43. The van der Waals surface area contributed by atoms with Crippen LogP contribution >= 0.6 is 11.6 Å². The number of non-ortho nitro benzene ring substituents is 1. The van der Waals surface area contributed by atoms with Crippen LogP contribution in [-0.4, -0.2) is 36.6 Å². The van der Waals surface area contributed by atoms with E-state index in [0.29, 0.717) is 30.0 Å². The molecule has 30 heavy (non-hydrogen) atoms. The normalized spacial score (nSPS) is 15.7. The van der Waals surface area contributed by atoms with Crippen molar-refractivity contribution in [2.75, 3.05) is 13.1 Å². The minimum Gasteiger partial charge on any atom is -0.352 e. The van der Waals surface area contributed by atoms with Crippen LogP contribution in [0.2, 0.25) is 5.02 Å². The average molecular weight is 452 g/mol. The van der Waals surface area contributed by atoms with Gasteiger partial charge in [-0.25, -0.2) is 8.42 Å². The molecule has 1 N–H and O–H groups in total. The van der Waals surface area contributed by atoms with Gasteiger partial charge in [-0.1, -0.05) is 29.8 Å². The van der Waals surface area contributed by atoms with Gasteiger partial charge < -0.3 is 5.32 Å². The molecule has 0 spiro atoms. The first-order chi connectivity index (χ1) is 14.2. The van der Waals surface area contributed by atoms with Gasteiger partial charge in [0.2, 0.25) is 15.9 Å². The predicted octanol–water partition coefficient (Wildman–Crippen LogP) is 3.27. The minimum atomic E-state index is -3.87. The van der Waals surface area contributed by atoms with Crippen LogP contribution in [0.25, 0.3) is 0 Å². The number of piperidine rings is 1. The molecular weight excluding hydrogens is 430 g/mol. The van der Waals surface area contributed by atoms with Crippen molar-refractivity contribution in [1.82, 2.24) is 9.62 Å². The van der Waals surface area contributed by atoms with Crippen molar-refractivity contribution < 1.29 is 18.1 Å². The number of carbonyl (C=O) groups is 1. The van der Waals surface area contributed by atoms with E-state index in [0.717, 1.165) is 11.6 Å². The molecule has 0 aromatic heterocycles. The number of benzene rings is 2. The predicted molar refractivity (Wildman–Crippen MR) is 113 cm³/mol. The fraction of sp³-hybridized carbons (Fsp3) is 0.350. The molecule has 1 saturated heterocycles. The zero-order valence-electron chi connectivity index (χ0n) is 16.4. The first kappa shape index (κ1) is 22.2. The second-order valence-corrected chi connectivity index (χ2v) is 9.57. The van der Waals surface area contributed by atoms with Crippen molar-refractivity contribution in [1.29, 1.82) is 0 Å². The molecule has 1 fully saturated rings. The van der Waals surface area contributed by atoms with Crippen molar-refractivity contribution in [3.05, 3.63) is 68.7 Å². The van der Waals surface area contributed by atoms with Crippen LogP contribution in [0.3, 0.4) is 0 Å². The Morgan fingerprint density at radius 3 is 2.43 bits per heavy atom. The molecular formula is C20H22ClN3O5S. The van der Waals surface area contributed by atoms with Crippen LogP contribution < -0.4 is 5.32 Å². The quantitative estimate of drug-likeness (QED) is 0.535. The molecule has 0 radical (unpaired) electrons. The summed E-state index contributed by atoms with van der Waals surface area (Å²) < 4.78 is 27.3. The smallest absolute Gasteiger partial charge is 0.270 e. The average Bonchev–Trinajstić information content (AvgIpc) is 2.73. The summed E-state index contributed by atoms with van der Waals surface area (Å²) in [5, 5.41) is 14.5. The SMILES string of the molecule is Cc1ccc([N+](=O)[O-])cc1S(=O)(=O)N1CCC(C(=O)NCc2ccc(Cl)cc2)CC1. The Labute approximate surface area is 180 Å². The number of halogens is 1. The largest absolute Gasteiger partial charge is 0.352 e. The van der Waals surface area contributed by atoms with Gasteiger partial charge in [0.05, 0.1) is 9.82 Å². The third kappa shape index (κ3) is 4.97. The monoisotopic (exact) mass is 451 g/mol. The van der Waals surface area contributed by atoms with Crippen molar-refractivity contribution in [2.45, 2.75) is 31.2 Å². The van der Waals surface area contributed by atoms with Crippen molar-refractivity contribution in [3.63, 3.8) is 0 Å². The Balaban J connectivity index is 1.61. The van der Waals surface area contributed by atoms with Crippen LogP contribution in [0.15, 0.2) is 47.4 Å². The number of aryl methyl sites for hydroxylation is 1. The second-order valence-electron chi connectivity index (χ2n) is 7.23. The van der Waals surface area contributed by atoms with E-state index in [1.165, 1.54) is 16.4 Å². The third-order valence-electron chi connectivity index (χ3n) is 5.21. The van der Waals surface area contributed by atoms with E-state index < -0.39 is 14.9 Å². The zero-order chi connectivity index (χ0) is 21.9. The van der Waals surface area contributed by atoms with Crippen LogP contribution in [0, 0.1) is 23.0 Å². The van der Waals surface area contributed by atoms with Gasteiger partial charge in [-0.05, 0) is 43.0 Å². The lowest BCUT2D eigenvalue weighted by molar-refractivity contribution is -0.385. The maximum atomic E-state index is 13.0. The number of nitrogens with zero attached hydrogens (tertiary/aromatic N) is 2. The molecule has 1 heterocycles. The number of hydrogen-bond acceptors (Lipinski definition) is 5. The summed E-state index contributed by atoms with van der Waals surface area (Å²) in [7, 11) is -3.87. The molecule has 1 aliphatic heterocycles. The highest BCUT2D eigenvalue weighted by Crippen LogP contribution is 2.28. The molecule has 0 bridgehead atoms. The highest BCUT2D eigenvalue weighted by molar-refractivity contribution is 7.89. The molecule has 0 aliphatic carbocycles. The second kappa shape index (κ2) is 9.11. The summed E-state index contributed by atoms with van der Waals surface area (Å²) in [6.07, 6.45) is 0.777. The van der Waals surface area contributed by atoms with Gasteiger partial charge in [0, 0.05) is 42.7 Å². The lowest BCUT2D eigenvalue weighted by Gasteiger charge is -2.30. The number of hydrogen-bond donors (Lipinski definition) is 1. The minimum absolute atomic E-state index is 0.0673. The molecule has 160 valence electrons. The number of nitro benzene ring substituents is 1. The Morgan fingerprint density at radius 2 is 1.83 bits per heavy atom. The Hall–Kier alpha value is -2.49. The molecule has 0 saturated carbocycles. The standard InChI is InChI=1S/C20H22ClN3O5S/c1-14-2-7-18(24(26)27)12-19(14)30(28,29)23-10-8-16(9-11-23)20(25)22-13-15-3-5-17(21)6-4-15/h2-7,12,16H,8-11,13H2,1H3,(H,22,25). The van der Waals surface area contributed by atoms with E-state index in [-0.39, 0.29) is 35.5 Å². The highest BCUT2D eigenvalue weighted by atomic mass is 35.5. The summed E-state index contributed by atoms with van der Waals surface area (Å²) in [6, 6.07) is 11.0. The summed E-state index contributed by atoms with van der Waals surface area (Å²) >= 11 is 5.85. The number of rotatable bonds is 6. The first-order valence-corrected chi connectivity index (χ1v) is 11.3. The fourth-order valence-electron chi connectivity index (χ4n) is 3.41. The number of nitro groups is 1. The van der Waals surface area contributed by atoms with Crippen molar-refractivity contribution in [3.8, 4) is 0 Å². The summed E-state index contributed by atoms with van der Waals surface area (Å²) in [6.45, 7) is 2.35. The Kier molecular flexibility index (Phi) is 6.74. The van der Waals surface area contributed by atoms with Gasteiger partial charge in [0.25, 0.3) is 5.69 Å². The molecule has 0 unspecified atom stereocenters. The summed E-state index contributed by atoms with van der Waals surface area (Å²) in [5.41, 5.74) is 1.10. The number of sulfonamides is 1. The topological polar surface area (TPSA) is 110 Å². The van der Waals surface area contributed by atoms with E-state index >= 15 is 0 Å². The number of nitrogens with one attached hydrogen (secondary N) is 1. The van der Waals surface area contributed by atoms with Crippen LogP contribution in [0.1, 0.15) is 24.0 Å². The van der Waals surface area contributed by atoms with Gasteiger partial charge in [0.15, 0.2) is 0 Å². The molecule has 1 amide bonds. The van der Waals surface area contributed by atoms with Gasteiger partial charge in [-0.2, -0.15) is 4.31 Å².